The summed E-state index contributed by atoms with van der Waals surface area (Å²) in [5.74, 6) is 0. The molecule has 21 heavy (non-hydrogen) atoms. The molecule has 1 aromatic rings. The molecule has 0 aliphatic carbocycles. The highest BCUT2D eigenvalue weighted by molar-refractivity contribution is 6.31. The summed E-state index contributed by atoms with van der Waals surface area (Å²) in [7, 11) is 0. The first-order valence-corrected chi connectivity index (χ1v) is 8.70. The molecule has 2 nitrogen and oxygen atoms in total. The summed E-state index contributed by atoms with van der Waals surface area (Å²) in [5, 5.41) is 4.38. The molecule has 0 amide bonds. The van der Waals surface area contributed by atoms with E-state index in [1.807, 2.05) is 6.07 Å². The smallest absolute Gasteiger partial charge is 0.0471 e. The van der Waals surface area contributed by atoms with Crippen LogP contribution in [0.5, 0.6) is 0 Å². The van der Waals surface area contributed by atoms with Crippen molar-refractivity contribution in [3.8, 4) is 0 Å². The van der Waals surface area contributed by atoms with Crippen molar-refractivity contribution in [2.75, 3.05) is 24.5 Å². The molecular formula is C18H29ClN2. The van der Waals surface area contributed by atoms with E-state index < -0.39 is 0 Å². The van der Waals surface area contributed by atoms with Crippen LogP contribution in [0.4, 0.5) is 5.69 Å². The number of rotatable bonds is 6. The van der Waals surface area contributed by atoms with Gasteiger partial charge in [-0.25, -0.2) is 0 Å². The van der Waals surface area contributed by atoms with E-state index in [1.54, 1.807) is 0 Å². The normalized spacial score (nSPS) is 18.0. The molecule has 1 saturated heterocycles. The van der Waals surface area contributed by atoms with E-state index in [0.29, 0.717) is 5.41 Å². The summed E-state index contributed by atoms with van der Waals surface area (Å²) in [6.45, 7) is 11.1. The zero-order valence-corrected chi connectivity index (χ0v) is 14.5. The fourth-order valence-corrected chi connectivity index (χ4v) is 3.29. The number of nitrogens with zero attached hydrogens (tertiary/aromatic N) is 1. The van der Waals surface area contributed by atoms with Gasteiger partial charge >= 0.3 is 0 Å². The number of halogens is 1. The second-order valence-electron chi connectivity index (χ2n) is 6.57. The van der Waals surface area contributed by atoms with Crippen LogP contribution in [0.15, 0.2) is 18.2 Å². The molecule has 0 bridgehead atoms. The van der Waals surface area contributed by atoms with Crippen molar-refractivity contribution in [1.82, 2.24) is 5.32 Å². The van der Waals surface area contributed by atoms with Crippen LogP contribution < -0.4 is 10.2 Å². The third-order valence-corrected chi connectivity index (χ3v) is 5.34. The Bertz CT molecular complexity index is 451. The average Bonchev–Trinajstić information content (AvgIpc) is 2.50. The van der Waals surface area contributed by atoms with Crippen LogP contribution in [0.1, 0.15) is 52.0 Å². The first kappa shape index (κ1) is 16.6. The van der Waals surface area contributed by atoms with Crippen LogP contribution in [-0.2, 0) is 6.54 Å². The Balaban J connectivity index is 2.11. The van der Waals surface area contributed by atoms with Crippen molar-refractivity contribution < 1.29 is 0 Å². The molecule has 0 unspecified atom stereocenters. The Labute approximate surface area is 134 Å². The second kappa shape index (κ2) is 7.51. The SMILES string of the molecule is CCCNCc1c(Cl)cccc1N1CCC(C)(CC)CC1. The van der Waals surface area contributed by atoms with Crippen molar-refractivity contribution in [2.45, 2.75) is 53.0 Å². The van der Waals surface area contributed by atoms with Gasteiger partial charge in [0.25, 0.3) is 0 Å². The molecule has 0 spiro atoms. The Kier molecular flexibility index (Phi) is 5.95. The summed E-state index contributed by atoms with van der Waals surface area (Å²) < 4.78 is 0. The zero-order valence-electron chi connectivity index (χ0n) is 13.7. The van der Waals surface area contributed by atoms with Crippen molar-refractivity contribution in [3.05, 3.63) is 28.8 Å². The molecule has 1 fully saturated rings. The minimum absolute atomic E-state index is 0.524. The van der Waals surface area contributed by atoms with Crippen LogP contribution in [0.25, 0.3) is 0 Å². The van der Waals surface area contributed by atoms with Crippen molar-refractivity contribution in [2.24, 2.45) is 5.41 Å². The molecule has 1 aliphatic heterocycles. The van der Waals surface area contributed by atoms with Gasteiger partial charge in [-0.2, -0.15) is 0 Å². The quantitative estimate of drug-likeness (QED) is 0.755. The van der Waals surface area contributed by atoms with E-state index in [9.17, 15) is 0 Å². The minimum atomic E-state index is 0.524. The summed E-state index contributed by atoms with van der Waals surface area (Å²) in [6.07, 6.45) is 4.98. The highest BCUT2D eigenvalue weighted by atomic mass is 35.5. The number of nitrogens with one attached hydrogen (secondary N) is 1. The lowest BCUT2D eigenvalue weighted by atomic mass is 9.78. The molecule has 0 radical (unpaired) electrons. The van der Waals surface area contributed by atoms with Crippen LogP contribution in [0, 0.1) is 5.41 Å². The van der Waals surface area contributed by atoms with Gasteiger partial charge in [0, 0.05) is 35.9 Å². The summed E-state index contributed by atoms with van der Waals surface area (Å²) >= 11 is 6.44. The zero-order chi connectivity index (χ0) is 15.3. The topological polar surface area (TPSA) is 15.3 Å². The second-order valence-corrected chi connectivity index (χ2v) is 6.97. The third kappa shape index (κ3) is 4.14. The molecule has 118 valence electrons. The minimum Gasteiger partial charge on any atom is -0.371 e. The molecule has 1 heterocycles. The van der Waals surface area contributed by atoms with Gasteiger partial charge in [-0.05, 0) is 43.4 Å². The maximum Gasteiger partial charge on any atom is 0.0471 e. The van der Waals surface area contributed by atoms with Crippen LogP contribution in [0.3, 0.4) is 0 Å². The largest absolute Gasteiger partial charge is 0.371 e. The molecule has 3 heteroatoms. The van der Waals surface area contributed by atoms with Gasteiger partial charge in [0.05, 0.1) is 0 Å². The molecule has 1 N–H and O–H groups in total. The summed E-state index contributed by atoms with van der Waals surface area (Å²) in [5.41, 5.74) is 3.10. The van der Waals surface area contributed by atoms with Crippen LogP contribution in [0.2, 0.25) is 5.02 Å². The fraction of sp³-hybridized carbons (Fsp3) is 0.667. The summed E-state index contributed by atoms with van der Waals surface area (Å²) in [4.78, 5) is 2.52. The predicted octanol–water partition coefficient (Wildman–Crippen LogP) is 4.86. The third-order valence-electron chi connectivity index (χ3n) is 4.99. The number of hydrogen-bond donors (Lipinski definition) is 1. The van der Waals surface area contributed by atoms with E-state index in [-0.39, 0.29) is 0 Å². The van der Waals surface area contributed by atoms with Crippen molar-refractivity contribution >= 4 is 17.3 Å². The lowest BCUT2D eigenvalue weighted by Gasteiger charge is -2.40. The Morgan fingerprint density at radius 3 is 2.57 bits per heavy atom. The standard InChI is InChI=1S/C18H29ClN2/c1-4-11-20-14-15-16(19)7-6-8-17(15)21-12-9-18(3,5-2)10-13-21/h6-8,20H,4-5,9-14H2,1-3H3. The van der Waals surface area contributed by atoms with E-state index in [1.165, 1.54) is 30.5 Å². The first-order chi connectivity index (χ1) is 10.1. The van der Waals surface area contributed by atoms with Gasteiger partial charge in [-0.3, -0.25) is 0 Å². The maximum atomic E-state index is 6.44. The van der Waals surface area contributed by atoms with E-state index in [0.717, 1.165) is 37.6 Å². The monoisotopic (exact) mass is 308 g/mol. The molecule has 1 aromatic carbocycles. The van der Waals surface area contributed by atoms with Gasteiger partial charge in [-0.1, -0.05) is 44.9 Å². The van der Waals surface area contributed by atoms with Gasteiger partial charge in [0.2, 0.25) is 0 Å². The number of anilines is 1. The fourth-order valence-electron chi connectivity index (χ4n) is 3.05. The maximum absolute atomic E-state index is 6.44. The molecule has 0 atom stereocenters. The summed E-state index contributed by atoms with van der Waals surface area (Å²) in [6, 6.07) is 6.31. The molecule has 1 aliphatic rings. The highest BCUT2D eigenvalue weighted by Gasteiger charge is 2.29. The number of benzene rings is 1. The predicted molar refractivity (Wildman–Crippen MR) is 93.3 cm³/mol. The van der Waals surface area contributed by atoms with Crippen molar-refractivity contribution in [3.63, 3.8) is 0 Å². The van der Waals surface area contributed by atoms with Crippen LogP contribution in [-0.4, -0.2) is 19.6 Å². The number of piperidine rings is 1. The van der Waals surface area contributed by atoms with Gasteiger partial charge in [-0.15, -0.1) is 0 Å². The lowest BCUT2D eigenvalue weighted by Crippen LogP contribution is -2.39. The van der Waals surface area contributed by atoms with E-state index in [4.69, 9.17) is 11.6 Å². The molecule has 2 rings (SSSR count). The average molecular weight is 309 g/mol. The van der Waals surface area contributed by atoms with Gasteiger partial charge in [0.15, 0.2) is 0 Å². The Morgan fingerprint density at radius 2 is 1.95 bits per heavy atom. The van der Waals surface area contributed by atoms with E-state index in [2.05, 4.69) is 43.1 Å². The van der Waals surface area contributed by atoms with Gasteiger partial charge < -0.3 is 10.2 Å². The lowest BCUT2D eigenvalue weighted by molar-refractivity contribution is 0.238. The van der Waals surface area contributed by atoms with Gasteiger partial charge in [0.1, 0.15) is 0 Å². The van der Waals surface area contributed by atoms with E-state index >= 15 is 0 Å². The molecule has 0 aromatic heterocycles. The van der Waals surface area contributed by atoms with Crippen molar-refractivity contribution in [1.29, 1.82) is 0 Å². The molecular weight excluding hydrogens is 280 g/mol. The number of hydrogen-bond acceptors (Lipinski definition) is 2. The molecule has 0 saturated carbocycles. The highest BCUT2D eigenvalue weighted by Crippen LogP contribution is 2.37. The Hall–Kier alpha value is -0.730. The Morgan fingerprint density at radius 1 is 1.24 bits per heavy atom. The first-order valence-electron chi connectivity index (χ1n) is 8.32. The van der Waals surface area contributed by atoms with Crippen LogP contribution >= 0.6 is 11.6 Å².